The van der Waals surface area contributed by atoms with Crippen molar-refractivity contribution in [1.82, 2.24) is 9.80 Å². The van der Waals surface area contributed by atoms with Gasteiger partial charge in [0.15, 0.2) is 0 Å². The van der Waals surface area contributed by atoms with Crippen LogP contribution in [-0.4, -0.2) is 75.0 Å². The normalized spacial score (nSPS) is 23.9. The Hall–Kier alpha value is -3.27. The minimum Gasteiger partial charge on any atom is -0.494 e. The molecule has 192 valence electrons. The number of piperazine rings is 1. The summed E-state index contributed by atoms with van der Waals surface area (Å²) in [6.45, 7) is 4.68. The number of hydrogen-bond acceptors (Lipinski definition) is 5. The minimum atomic E-state index is -4.44. The molecule has 3 aliphatic rings. The average Bonchev–Trinajstić information content (AvgIpc) is 3.37. The first-order valence-electron chi connectivity index (χ1n) is 12.0. The topological polar surface area (TPSA) is 65.1 Å². The van der Waals surface area contributed by atoms with Crippen LogP contribution in [0.1, 0.15) is 15.9 Å². The number of ether oxygens (including phenoxy) is 1. The molecule has 0 bridgehead atoms. The predicted octanol–water partition coefficient (Wildman–Crippen LogP) is 3.42. The molecule has 3 fully saturated rings. The molecule has 2 aliphatic heterocycles. The van der Waals surface area contributed by atoms with Crippen LogP contribution < -0.4 is 15.0 Å². The lowest BCUT2D eigenvalue weighted by Gasteiger charge is -2.34. The van der Waals surface area contributed by atoms with E-state index in [9.17, 15) is 22.8 Å². The molecule has 2 saturated heterocycles. The third-order valence-electron chi connectivity index (χ3n) is 7.55. The number of alkyl halides is 3. The summed E-state index contributed by atoms with van der Waals surface area (Å²) >= 11 is 0. The van der Waals surface area contributed by atoms with Crippen LogP contribution in [0, 0.1) is 17.8 Å². The monoisotopic (exact) mass is 502 g/mol. The van der Waals surface area contributed by atoms with Gasteiger partial charge in [0.05, 0.1) is 18.4 Å². The van der Waals surface area contributed by atoms with Crippen molar-refractivity contribution in [2.24, 2.45) is 17.8 Å². The van der Waals surface area contributed by atoms with Gasteiger partial charge in [-0.1, -0.05) is 0 Å². The number of halogens is 3. The Labute approximate surface area is 207 Å². The van der Waals surface area contributed by atoms with Crippen LogP contribution in [0.3, 0.4) is 0 Å². The van der Waals surface area contributed by atoms with E-state index in [2.05, 4.69) is 22.2 Å². The van der Waals surface area contributed by atoms with Crippen molar-refractivity contribution in [3.8, 4) is 5.75 Å². The predicted molar refractivity (Wildman–Crippen MR) is 129 cm³/mol. The van der Waals surface area contributed by atoms with E-state index < -0.39 is 11.7 Å². The van der Waals surface area contributed by atoms with Crippen LogP contribution >= 0.6 is 0 Å². The number of nitrogens with zero attached hydrogens (tertiary/aromatic N) is 3. The first-order chi connectivity index (χ1) is 17.2. The number of carbonyl (C=O) groups is 2. The second kappa shape index (κ2) is 9.31. The van der Waals surface area contributed by atoms with Crippen molar-refractivity contribution in [2.45, 2.75) is 6.18 Å². The summed E-state index contributed by atoms with van der Waals surface area (Å²) in [6, 6.07) is 10.0. The Kier molecular flexibility index (Phi) is 6.32. The Bertz CT molecular complexity index is 1130. The smallest absolute Gasteiger partial charge is 0.416 e. The first-order valence-corrected chi connectivity index (χ1v) is 12.0. The van der Waals surface area contributed by atoms with Crippen molar-refractivity contribution in [3.63, 3.8) is 0 Å². The number of likely N-dealkylation sites (N-methyl/N-ethyl adjacent to an activating group) is 1. The number of hydrogen-bond donors (Lipinski definition) is 1. The van der Waals surface area contributed by atoms with Crippen molar-refractivity contribution < 1.29 is 27.5 Å². The van der Waals surface area contributed by atoms with Gasteiger partial charge in [0, 0.05) is 62.5 Å². The molecule has 2 aromatic rings. The zero-order valence-corrected chi connectivity index (χ0v) is 20.2. The van der Waals surface area contributed by atoms with Crippen LogP contribution in [0.15, 0.2) is 42.5 Å². The molecule has 2 aromatic carbocycles. The van der Waals surface area contributed by atoms with Gasteiger partial charge in [0.25, 0.3) is 5.91 Å². The molecule has 1 N–H and O–H groups in total. The standard InChI is InChI=1S/C26H29F3N4O3/c1-31-9-11-32(12-10-31)18-7-8-21(22(13-18)36-2)30-24(34)23-19-14-33(15-20(19)23)25(35)16-3-5-17(6-4-16)26(27,28)29/h3-8,13,19-20,23H,9-12,14-15H2,1-2H3,(H,30,34). The Morgan fingerprint density at radius 2 is 1.61 bits per heavy atom. The summed E-state index contributed by atoms with van der Waals surface area (Å²) in [5.41, 5.74) is 1.10. The number of likely N-dealkylation sites (tertiary alicyclic amines) is 1. The fraction of sp³-hybridized carbons (Fsp3) is 0.462. The van der Waals surface area contributed by atoms with Gasteiger partial charge in [-0.05, 0) is 55.3 Å². The van der Waals surface area contributed by atoms with Gasteiger partial charge < -0.3 is 24.8 Å². The lowest BCUT2D eigenvalue weighted by atomic mass is 10.1. The molecule has 5 rings (SSSR count). The molecular formula is C26H29F3N4O3. The maximum absolute atomic E-state index is 13.0. The lowest BCUT2D eigenvalue weighted by Crippen LogP contribution is -2.44. The molecule has 36 heavy (non-hydrogen) atoms. The number of methoxy groups -OCH3 is 1. The molecule has 2 heterocycles. The second-order valence-corrected chi connectivity index (χ2v) is 9.80. The third-order valence-corrected chi connectivity index (χ3v) is 7.55. The van der Waals surface area contributed by atoms with E-state index in [-0.39, 0.29) is 35.1 Å². The molecule has 1 saturated carbocycles. The highest BCUT2D eigenvalue weighted by Crippen LogP contribution is 2.52. The van der Waals surface area contributed by atoms with Gasteiger partial charge in [0.2, 0.25) is 5.91 Å². The Morgan fingerprint density at radius 3 is 2.19 bits per heavy atom. The third kappa shape index (κ3) is 4.74. The number of benzene rings is 2. The van der Waals surface area contributed by atoms with Crippen molar-refractivity contribution in [3.05, 3.63) is 53.6 Å². The van der Waals surface area contributed by atoms with Crippen LogP contribution in [0.25, 0.3) is 0 Å². The van der Waals surface area contributed by atoms with Gasteiger partial charge in [0.1, 0.15) is 5.75 Å². The van der Waals surface area contributed by atoms with Gasteiger partial charge in [-0.25, -0.2) is 0 Å². The summed E-state index contributed by atoms with van der Waals surface area (Å²) in [5.74, 6) is 0.111. The van der Waals surface area contributed by atoms with E-state index in [4.69, 9.17) is 4.74 Å². The van der Waals surface area contributed by atoms with Crippen LogP contribution in [0.5, 0.6) is 5.75 Å². The number of rotatable bonds is 5. The highest BCUT2D eigenvalue weighted by Gasteiger charge is 2.60. The van der Waals surface area contributed by atoms with E-state index in [1.807, 2.05) is 18.2 Å². The van der Waals surface area contributed by atoms with E-state index in [1.165, 1.54) is 12.1 Å². The van der Waals surface area contributed by atoms with Crippen LogP contribution in [0.4, 0.5) is 24.5 Å². The summed E-state index contributed by atoms with van der Waals surface area (Å²) < 4.78 is 43.9. The second-order valence-electron chi connectivity index (χ2n) is 9.80. The fourth-order valence-electron chi connectivity index (χ4n) is 5.33. The molecule has 1 aliphatic carbocycles. The summed E-state index contributed by atoms with van der Waals surface area (Å²) in [7, 11) is 3.68. The number of piperidine rings is 1. The van der Waals surface area contributed by atoms with Crippen molar-refractivity contribution in [2.75, 3.05) is 63.6 Å². The van der Waals surface area contributed by atoms with Gasteiger partial charge in [-0.2, -0.15) is 13.2 Å². The van der Waals surface area contributed by atoms with Gasteiger partial charge in [-0.3, -0.25) is 9.59 Å². The summed E-state index contributed by atoms with van der Waals surface area (Å²) in [4.78, 5) is 31.9. The number of carbonyl (C=O) groups excluding carboxylic acids is 2. The molecule has 2 unspecified atom stereocenters. The number of nitrogens with one attached hydrogen (secondary N) is 1. The molecule has 2 atom stereocenters. The molecular weight excluding hydrogens is 473 g/mol. The largest absolute Gasteiger partial charge is 0.494 e. The lowest BCUT2D eigenvalue weighted by molar-refractivity contribution is -0.137. The van der Waals surface area contributed by atoms with Gasteiger partial charge >= 0.3 is 6.18 Å². The average molecular weight is 503 g/mol. The number of fused-ring (bicyclic) bond motifs is 1. The van der Waals surface area contributed by atoms with Crippen molar-refractivity contribution in [1.29, 1.82) is 0 Å². The molecule has 0 aromatic heterocycles. The maximum Gasteiger partial charge on any atom is 0.416 e. The fourth-order valence-corrected chi connectivity index (χ4v) is 5.33. The Morgan fingerprint density at radius 1 is 0.972 bits per heavy atom. The summed E-state index contributed by atoms with van der Waals surface area (Å²) in [6.07, 6.45) is -4.44. The Balaban J connectivity index is 1.17. The van der Waals surface area contributed by atoms with E-state index in [0.717, 1.165) is 44.0 Å². The minimum absolute atomic E-state index is 0.0546. The highest BCUT2D eigenvalue weighted by molar-refractivity contribution is 5.98. The molecule has 2 amide bonds. The van der Waals surface area contributed by atoms with E-state index in [0.29, 0.717) is 24.5 Å². The van der Waals surface area contributed by atoms with Crippen LogP contribution in [-0.2, 0) is 11.0 Å². The zero-order chi connectivity index (χ0) is 25.6. The zero-order valence-electron chi connectivity index (χ0n) is 20.2. The molecule has 0 spiro atoms. The van der Waals surface area contributed by atoms with Crippen LogP contribution in [0.2, 0.25) is 0 Å². The SMILES string of the molecule is COc1cc(N2CCN(C)CC2)ccc1NC(=O)C1C2CN(C(=O)c3ccc(C(F)(F)F)cc3)CC21. The molecule has 7 nitrogen and oxygen atoms in total. The quantitative estimate of drug-likeness (QED) is 0.679. The molecule has 10 heteroatoms. The van der Waals surface area contributed by atoms with Crippen molar-refractivity contribution >= 4 is 23.2 Å². The summed E-state index contributed by atoms with van der Waals surface area (Å²) in [5, 5.41) is 2.98. The van der Waals surface area contributed by atoms with Gasteiger partial charge in [-0.15, -0.1) is 0 Å². The number of amides is 2. The first kappa shape index (κ1) is 24.4. The number of anilines is 2. The maximum atomic E-state index is 13.0. The highest BCUT2D eigenvalue weighted by atomic mass is 19.4. The molecule has 0 radical (unpaired) electrons. The van der Waals surface area contributed by atoms with E-state index in [1.54, 1.807) is 12.0 Å². The van der Waals surface area contributed by atoms with E-state index >= 15 is 0 Å².